The lowest BCUT2D eigenvalue weighted by Gasteiger charge is -1.98. The first-order chi connectivity index (χ1) is 5.70. The number of nitrogens with one attached hydrogen (secondary N) is 2. The van der Waals surface area contributed by atoms with Gasteiger partial charge in [-0.15, -0.1) is 0 Å². The molecule has 1 heterocycles. The number of hydrogen-bond donors (Lipinski definition) is 2. The lowest BCUT2D eigenvalue weighted by molar-refractivity contribution is -0.116. The van der Waals surface area contributed by atoms with Crippen molar-refractivity contribution in [1.82, 2.24) is 15.5 Å². The van der Waals surface area contributed by atoms with Gasteiger partial charge in [-0.05, 0) is 13.0 Å². The molecule has 0 unspecified atom stereocenters. The minimum Gasteiger partial charge on any atom is -0.344 e. The van der Waals surface area contributed by atoms with Gasteiger partial charge in [0.15, 0.2) is 0 Å². The molecule has 0 atom stereocenters. The van der Waals surface area contributed by atoms with E-state index in [2.05, 4.69) is 15.5 Å². The van der Waals surface area contributed by atoms with Gasteiger partial charge in [-0.25, -0.2) is 0 Å². The Labute approximate surface area is 69.2 Å². The number of amides is 1. The second kappa shape index (κ2) is 3.66. The number of ketones is 1. The predicted molar refractivity (Wildman–Crippen MR) is 41.6 cm³/mol. The van der Waals surface area contributed by atoms with E-state index >= 15 is 0 Å². The van der Waals surface area contributed by atoms with E-state index in [1.807, 2.05) is 0 Å². The van der Waals surface area contributed by atoms with Crippen molar-refractivity contribution in [2.24, 2.45) is 0 Å². The summed E-state index contributed by atoms with van der Waals surface area (Å²) in [6.07, 6.45) is 1.47. The summed E-state index contributed by atoms with van der Waals surface area (Å²) >= 11 is 0. The molecule has 5 heteroatoms. The van der Waals surface area contributed by atoms with Gasteiger partial charge in [-0.2, -0.15) is 5.10 Å². The minimum absolute atomic E-state index is 0.0534. The van der Waals surface area contributed by atoms with E-state index in [1.54, 1.807) is 0 Å². The third kappa shape index (κ3) is 2.19. The van der Waals surface area contributed by atoms with Gasteiger partial charge in [-0.3, -0.25) is 14.7 Å². The number of rotatable bonds is 3. The van der Waals surface area contributed by atoms with E-state index in [0.717, 1.165) is 0 Å². The second-order valence-corrected chi connectivity index (χ2v) is 2.36. The maximum absolute atomic E-state index is 11.1. The van der Waals surface area contributed by atoms with Crippen molar-refractivity contribution < 1.29 is 9.59 Å². The number of H-pyrrole nitrogens is 1. The molecule has 1 aromatic heterocycles. The first kappa shape index (κ1) is 8.45. The van der Waals surface area contributed by atoms with E-state index in [-0.39, 0.29) is 18.2 Å². The van der Waals surface area contributed by atoms with Gasteiger partial charge in [0, 0.05) is 6.20 Å². The van der Waals surface area contributed by atoms with Crippen molar-refractivity contribution in [2.75, 3.05) is 6.54 Å². The molecule has 0 saturated heterocycles. The van der Waals surface area contributed by atoms with Crippen molar-refractivity contribution in [3.63, 3.8) is 0 Å². The Balaban J connectivity index is 2.45. The average molecular weight is 167 g/mol. The summed E-state index contributed by atoms with van der Waals surface area (Å²) in [7, 11) is 0. The van der Waals surface area contributed by atoms with Gasteiger partial charge < -0.3 is 5.32 Å². The lowest BCUT2D eigenvalue weighted by Crippen LogP contribution is -2.28. The van der Waals surface area contributed by atoms with Gasteiger partial charge in [0.1, 0.15) is 11.5 Å². The smallest absolute Gasteiger partial charge is 0.269 e. The second-order valence-electron chi connectivity index (χ2n) is 2.36. The molecule has 12 heavy (non-hydrogen) atoms. The van der Waals surface area contributed by atoms with E-state index in [9.17, 15) is 9.59 Å². The summed E-state index contributed by atoms with van der Waals surface area (Å²) in [5, 5.41) is 8.51. The minimum atomic E-state index is -0.317. The number of Topliss-reactive ketones (excluding diaryl/α,β-unsaturated/α-hetero) is 1. The molecule has 0 saturated carbocycles. The lowest BCUT2D eigenvalue weighted by atomic mass is 10.4. The summed E-state index contributed by atoms with van der Waals surface area (Å²) in [5.41, 5.74) is 0.358. The largest absolute Gasteiger partial charge is 0.344 e. The first-order valence-corrected chi connectivity index (χ1v) is 3.47. The van der Waals surface area contributed by atoms with E-state index < -0.39 is 0 Å². The van der Waals surface area contributed by atoms with Gasteiger partial charge in [0.25, 0.3) is 5.91 Å². The Kier molecular flexibility index (Phi) is 2.57. The molecule has 0 aliphatic carbocycles. The highest BCUT2D eigenvalue weighted by Crippen LogP contribution is 1.89. The van der Waals surface area contributed by atoms with Crippen LogP contribution in [0.15, 0.2) is 12.3 Å². The van der Waals surface area contributed by atoms with Crippen molar-refractivity contribution in [3.8, 4) is 0 Å². The molecule has 0 spiro atoms. The fraction of sp³-hybridized carbons (Fsp3) is 0.286. The van der Waals surface area contributed by atoms with Crippen molar-refractivity contribution in [1.29, 1.82) is 0 Å². The van der Waals surface area contributed by atoms with E-state index in [4.69, 9.17) is 0 Å². The Bertz CT molecular complexity index is 279. The summed E-state index contributed by atoms with van der Waals surface area (Å²) in [6.45, 7) is 1.46. The molecule has 0 aliphatic heterocycles. The van der Waals surface area contributed by atoms with Gasteiger partial charge >= 0.3 is 0 Å². The zero-order valence-corrected chi connectivity index (χ0v) is 6.63. The molecule has 0 fully saturated rings. The van der Waals surface area contributed by atoms with Crippen LogP contribution in [0.4, 0.5) is 0 Å². The number of carbonyl (C=O) groups is 2. The van der Waals surface area contributed by atoms with Gasteiger partial charge in [-0.1, -0.05) is 0 Å². The highest BCUT2D eigenvalue weighted by molar-refractivity contribution is 5.94. The molecule has 1 aromatic rings. The molecule has 0 aliphatic rings. The van der Waals surface area contributed by atoms with Crippen LogP contribution < -0.4 is 5.32 Å². The van der Waals surface area contributed by atoms with Crippen molar-refractivity contribution in [3.05, 3.63) is 18.0 Å². The molecule has 0 radical (unpaired) electrons. The Morgan fingerprint density at radius 1 is 1.67 bits per heavy atom. The quantitative estimate of drug-likeness (QED) is 0.650. The fourth-order valence-electron chi connectivity index (χ4n) is 0.682. The summed E-state index contributed by atoms with van der Waals surface area (Å²) in [4.78, 5) is 21.6. The molecular weight excluding hydrogens is 158 g/mol. The van der Waals surface area contributed by atoms with Gasteiger partial charge in [0.05, 0.1) is 6.54 Å². The number of hydrogen-bond acceptors (Lipinski definition) is 3. The Hall–Kier alpha value is -1.65. The van der Waals surface area contributed by atoms with Crippen LogP contribution in [0, 0.1) is 0 Å². The van der Waals surface area contributed by atoms with Crippen LogP contribution in [0.3, 0.4) is 0 Å². The zero-order valence-electron chi connectivity index (χ0n) is 6.63. The predicted octanol–water partition coefficient (Wildman–Crippen LogP) is -0.272. The molecular formula is C7H9N3O2. The molecule has 64 valence electrons. The van der Waals surface area contributed by atoms with Crippen LogP contribution in [-0.2, 0) is 4.79 Å². The maximum Gasteiger partial charge on any atom is 0.269 e. The van der Waals surface area contributed by atoms with Crippen LogP contribution in [0.2, 0.25) is 0 Å². The maximum atomic E-state index is 11.1. The number of aromatic nitrogens is 2. The molecule has 1 rings (SSSR count). The molecule has 0 aromatic carbocycles. The summed E-state index contributed by atoms with van der Waals surface area (Å²) in [5.74, 6) is -0.398. The van der Waals surface area contributed by atoms with Crippen LogP contribution in [0.5, 0.6) is 0 Å². The zero-order chi connectivity index (χ0) is 8.97. The van der Waals surface area contributed by atoms with E-state index in [1.165, 1.54) is 19.2 Å². The normalized spacial score (nSPS) is 9.42. The molecule has 0 bridgehead atoms. The monoisotopic (exact) mass is 167 g/mol. The number of aromatic amines is 1. The summed E-state index contributed by atoms with van der Waals surface area (Å²) < 4.78 is 0. The summed E-state index contributed by atoms with van der Waals surface area (Å²) in [6, 6.07) is 1.54. The fourth-order valence-corrected chi connectivity index (χ4v) is 0.682. The standard InChI is InChI=1S/C7H9N3O2/c1-5(11)4-8-7(12)6-2-3-9-10-6/h2-3H,4H2,1H3,(H,8,12)(H,9,10). The molecule has 2 N–H and O–H groups in total. The number of carbonyl (C=O) groups excluding carboxylic acids is 2. The first-order valence-electron chi connectivity index (χ1n) is 3.47. The SMILES string of the molecule is CC(=O)CNC(=O)c1ccn[nH]1. The topological polar surface area (TPSA) is 74.8 Å². The van der Waals surface area contributed by atoms with Crippen LogP contribution in [0.1, 0.15) is 17.4 Å². The van der Waals surface area contributed by atoms with Gasteiger partial charge in [0.2, 0.25) is 0 Å². The van der Waals surface area contributed by atoms with Crippen LogP contribution in [-0.4, -0.2) is 28.4 Å². The highest BCUT2D eigenvalue weighted by Gasteiger charge is 2.05. The highest BCUT2D eigenvalue weighted by atomic mass is 16.2. The van der Waals surface area contributed by atoms with Crippen LogP contribution >= 0.6 is 0 Å². The van der Waals surface area contributed by atoms with Crippen molar-refractivity contribution >= 4 is 11.7 Å². The van der Waals surface area contributed by atoms with Crippen LogP contribution in [0.25, 0.3) is 0 Å². The Morgan fingerprint density at radius 3 is 2.92 bits per heavy atom. The van der Waals surface area contributed by atoms with E-state index in [0.29, 0.717) is 5.69 Å². The number of nitrogens with zero attached hydrogens (tertiary/aromatic N) is 1. The molecule has 5 nitrogen and oxygen atoms in total. The van der Waals surface area contributed by atoms with Crippen molar-refractivity contribution in [2.45, 2.75) is 6.92 Å². The third-order valence-corrected chi connectivity index (χ3v) is 1.24. The average Bonchev–Trinajstić information content (AvgIpc) is 2.51. The third-order valence-electron chi connectivity index (χ3n) is 1.24. The Morgan fingerprint density at radius 2 is 2.42 bits per heavy atom. The molecule has 1 amide bonds.